The van der Waals surface area contributed by atoms with E-state index >= 15 is 0 Å². The molecule has 1 aliphatic heterocycles. The van der Waals surface area contributed by atoms with Gasteiger partial charge in [-0.3, -0.25) is 4.79 Å². The van der Waals surface area contributed by atoms with E-state index in [4.69, 9.17) is 16.3 Å². The first kappa shape index (κ1) is 22.1. The van der Waals surface area contributed by atoms with Gasteiger partial charge in [0.05, 0.1) is 6.54 Å². The number of piperidine rings is 1. The monoisotopic (exact) mass is 468 g/mol. The maximum absolute atomic E-state index is 13.1. The molecule has 0 radical (unpaired) electrons. The highest BCUT2D eigenvalue weighted by Crippen LogP contribution is 2.28. The summed E-state index contributed by atoms with van der Waals surface area (Å²) in [6, 6.07) is 10.1. The number of rotatable bonds is 6. The van der Waals surface area contributed by atoms with Crippen LogP contribution >= 0.6 is 11.6 Å². The molecule has 0 spiro atoms. The number of alkyl halides is 3. The zero-order chi connectivity index (χ0) is 22.7. The van der Waals surface area contributed by atoms with Crippen LogP contribution in [0.4, 0.5) is 19.0 Å². The van der Waals surface area contributed by atoms with Gasteiger partial charge in [0.1, 0.15) is 18.2 Å². The fourth-order valence-electron chi connectivity index (χ4n) is 3.54. The summed E-state index contributed by atoms with van der Waals surface area (Å²) in [5.74, 6) is -0.394. The van der Waals surface area contributed by atoms with Gasteiger partial charge in [0.15, 0.2) is 5.65 Å². The van der Waals surface area contributed by atoms with E-state index in [0.29, 0.717) is 60.2 Å². The smallest absolute Gasteiger partial charge is 0.453 e. The molecule has 0 aliphatic carbocycles. The van der Waals surface area contributed by atoms with Gasteiger partial charge in [-0.2, -0.15) is 17.7 Å². The highest BCUT2D eigenvalue weighted by atomic mass is 35.5. The van der Waals surface area contributed by atoms with Crippen molar-refractivity contribution in [3.8, 4) is 5.75 Å². The molecule has 4 rings (SSSR count). The lowest BCUT2D eigenvalue weighted by molar-refractivity contribution is -0.146. The first-order valence-electron chi connectivity index (χ1n) is 10.0. The lowest BCUT2D eigenvalue weighted by Crippen LogP contribution is -2.41. The Morgan fingerprint density at radius 3 is 2.69 bits per heavy atom. The van der Waals surface area contributed by atoms with Crippen LogP contribution in [0.15, 0.2) is 36.4 Å². The Morgan fingerprint density at radius 2 is 1.97 bits per heavy atom. The van der Waals surface area contributed by atoms with E-state index in [9.17, 15) is 18.0 Å². The number of ether oxygens (including phenoxy) is 1. The van der Waals surface area contributed by atoms with Crippen molar-refractivity contribution in [1.29, 1.82) is 0 Å². The van der Waals surface area contributed by atoms with Crippen LogP contribution in [0.3, 0.4) is 0 Å². The molecule has 3 heterocycles. The molecular formula is C20H20ClF3N6O2. The van der Waals surface area contributed by atoms with Crippen molar-refractivity contribution in [2.24, 2.45) is 5.92 Å². The molecule has 12 heteroatoms. The molecule has 0 atom stereocenters. The first-order valence-corrected chi connectivity index (χ1v) is 10.4. The van der Waals surface area contributed by atoms with Gasteiger partial charge < -0.3 is 15.0 Å². The highest BCUT2D eigenvalue weighted by Gasteiger charge is 2.38. The van der Waals surface area contributed by atoms with Crippen molar-refractivity contribution >= 4 is 29.0 Å². The van der Waals surface area contributed by atoms with Gasteiger partial charge in [0, 0.05) is 24.0 Å². The molecule has 3 aromatic rings. The summed E-state index contributed by atoms with van der Waals surface area (Å²) >= 11 is 5.90. The van der Waals surface area contributed by atoms with Crippen molar-refractivity contribution in [2.75, 3.05) is 31.1 Å². The van der Waals surface area contributed by atoms with Crippen molar-refractivity contribution in [3.63, 3.8) is 0 Å². The number of benzene rings is 1. The number of fused-ring (bicyclic) bond motifs is 1. The van der Waals surface area contributed by atoms with E-state index < -0.39 is 12.0 Å². The van der Waals surface area contributed by atoms with E-state index in [-0.39, 0.29) is 17.5 Å². The van der Waals surface area contributed by atoms with E-state index in [1.54, 1.807) is 30.3 Å². The van der Waals surface area contributed by atoms with Gasteiger partial charge in [-0.15, -0.1) is 15.3 Å². The number of nitrogens with one attached hydrogen (secondary N) is 1. The fourth-order valence-corrected chi connectivity index (χ4v) is 3.72. The zero-order valence-corrected chi connectivity index (χ0v) is 17.6. The number of nitrogens with zero attached hydrogens (tertiary/aromatic N) is 5. The van der Waals surface area contributed by atoms with Crippen molar-refractivity contribution in [1.82, 2.24) is 25.1 Å². The van der Waals surface area contributed by atoms with Crippen molar-refractivity contribution < 1.29 is 22.7 Å². The summed E-state index contributed by atoms with van der Waals surface area (Å²) in [4.78, 5) is 14.3. The second-order valence-corrected chi connectivity index (χ2v) is 7.78. The number of hydrogen-bond acceptors (Lipinski definition) is 6. The van der Waals surface area contributed by atoms with E-state index in [0.717, 1.165) is 0 Å². The topological polar surface area (TPSA) is 84.6 Å². The van der Waals surface area contributed by atoms with Gasteiger partial charge in [-0.05, 0) is 43.2 Å². The molecule has 170 valence electrons. The molecule has 2 aromatic heterocycles. The molecule has 1 fully saturated rings. The molecule has 1 amide bonds. The Balaban J connectivity index is 1.28. The quantitative estimate of drug-likeness (QED) is 0.559. The predicted octanol–water partition coefficient (Wildman–Crippen LogP) is 3.21. The third-order valence-electron chi connectivity index (χ3n) is 5.16. The largest absolute Gasteiger partial charge is 0.492 e. The van der Waals surface area contributed by atoms with E-state index in [1.807, 2.05) is 4.90 Å². The molecule has 1 N–H and O–H groups in total. The standard InChI is InChI=1S/C20H20ClF3N6O2/c21-14-2-1-3-15(12-14)32-11-8-25-18(31)13-6-9-29(10-7-13)17-5-4-16-26-27-19(20(22,23)24)30(16)28-17/h1-5,12-13H,6-11H2,(H,25,31). The van der Waals surface area contributed by atoms with E-state index in [2.05, 4.69) is 20.6 Å². The SMILES string of the molecule is O=C(NCCOc1cccc(Cl)c1)C1CCN(c2ccc3nnc(C(F)(F)F)n3n2)CC1. The molecule has 32 heavy (non-hydrogen) atoms. The molecular weight excluding hydrogens is 449 g/mol. The molecule has 1 saturated heterocycles. The molecule has 1 aromatic carbocycles. The number of hydrogen-bond donors (Lipinski definition) is 1. The maximum Gasteiger partial charge on any atom is 0.453 e. The minimum absolute atomic E-state index is 0.0235. The van der Waals surface area contributed by atoms with Crippen LogP contribution in [0.5, 0.6) is 5.75 Å². The van der Waals surface area contributed by atoms with Gasteiger partial charge in [-0.1, -0.05) is 17.7 Å². The molecule has 0 unspecified atom stereocenters. The summed E-state index contributed by atoms with van der Waals surface area (Å²) in [5, 5.41) is 14.2. The minimum atomic E-state index is -4.65. The summed E-state index contributed by atoms with van der Waals surface area (Å²) in [6.07, 6.45) is -3.52. The highest BCUT2D eigenvalue weighted by molar-refractivity contribution is 6.30. The molecule has 1 aliphatic rings. The third kappa shape index (κ3) is 5.04. The van der Waals surface area contributed by atoms with Crippen LogP contribution in [0.2, 0.25) is 5.02 Å². The third-order valence-corrected chi connectivity index (χ3v) is 5.39. The normalized spacial score (nSPS) is 15.2. The summed E-state index contributed by atoms with van der Waals surface area (Å²) < 4.78 is 45.5. The average molecular weight is 469 g/mol. The van der Waals surface area contributed by atoms with Crippen LogP contribution in [0.1, 0.15) is 18.7 Å². The number of aromatic nitrogens is 4. The second-order valence-electron chi connectivity index (χ2n) is 7.34. The Bertz CT molecular complexity index is 1100. The number of carbonyl (C=O) groups is 1. The summed E-state index contributed by atoms with van der Waals surface area (Å²) in [5.41, 5.74) is 0.0235. The van der Waals surface area contributed by atoms with Gasteiger partial charge in [0.2, 0.25) is 5.91 Å². The van der Waals surface area contributed by atoms with Crippen molar-refractivity contribution in [2.45, 2.75) is 19.0 Å². The van der Waals surface area contributed by atoms with Crippen LogP contribution in [-0.4, -0.2) is 52.0 Å². The van der Waals surface area contributed by atoms with Crippen molar-refractivity contribution in [3.05, 3.63) is 47.2 Å². The fraction of sp³-hybridized carbons (Fsp3) is 0.400. The van der Waals surface area contributed by atoms with Crippen LogP contribution < -0.4 is 15.0 Å². The Kier molecular flexibility index (Phi) is 6.35. The first-order chi connectivity index (χ1) is 15.3. The van der Waals surface area contributed by atoms with Crippen LogP contribution in [0, 0.1) is 5.92 Å². The van der Waals surface area contributed by atoms with Crippen LogP contribution in [-0.2, 0) is 11.0 Å². The minimum Gasteiger partial charge on any atom is -0.492 e. The Hall–Kier alpha value is -3.08. The summed E-state index contributed by atoms with van der Waals surface area (Å²) in [7, 11) is 0. The predicted molar refractivity (Wildman–Crippen MR) is 111 cm³/mol. The second kappa shape index (κ2) is 9.19. The maximum atomic E-state index is 13.1. The molecule has 0 saturated carbocycles. The van der Waals surface area contributed by atoms with Crippen LogP contribution in [0.25, 0.3) is 5.65 Å². The number of anilines is 1. The number of amides is 1. The Labute approximate surface area is 186 Å². The van der Waals surface area contributed by atoms with E-state index in [1.165, 1.54) is 6.07 Å². The zero-order valence-electron chi connectivity index (χ0n) is 16.8. The van der Waals surface area contributed by atoms with Gasteiger partial charge in [0.25, 0.3) is 5.82 Å². The average Bonchev–Trinajstić information content (AvgIpc) is 3.21. The number of halogens is 4. The lowest BCUT2D eigenvalue weighted by atomic mass is 9.96. The lowest BCUT2D eigenvalue weighted by Gasteiger charge is -2.32. The Morgan fingerprint density at radius 1 is 1.19 bits per heavy atom. The number of carbonyl (C=O) groups excluding carboxylic acids is 1. The van der Waals surface area contributed by atoms with Gasteiger partial charge in [-0.25, -0.2) is 0 Å². The molecule has 8 nitrogen and oxygen atoms in total. The molecule has 0 bridgehead atoms. The summed E-state index contributed by atoms with van der Waals surface area (Å²) in [6.45, 7) is 1.67. The van der Waals surface area contributed by atoms with Gasteiger partial charge >= 0.3 is 6.18 Å².